The highest BCUT2D eigenvalue weighted by Gasteiger charge is 2.35. The van der Waals surface area contributed by atoms with Crippen molar-refractivity contribution in [1.29, 1.82) is 0 Å². The minimum Gasteiger partial charge on any atom is -0.308 e. The molecule has 3 heterocycles. The summed E-state index contributed by atoms with van der Waals surface area (Å²) in [6.07, 6.45) is 0. The van der Waals surface area contributed by atoms with Gasteiger partial charge in [-0.3, -0.25) is 0 Å². The summed E-state index contributed by atoms with van der Waals surface area (Å²) in [6.45, 7) is 4.68. The molecule has 0 N–H and O–H groups in total. The van der Waals surface area contributed by atoms with Crippen LogP contribution in [0.15, 0.2) is 182 Å². The van der Waals surface area contributed by atoms with Gasteiger partial charge in [0.05, 0.1) is 16.7 Å². The summed E-state index contributed by atoms with van der Waals surface area (Å²) in [7, 11) is 0. The molecule has 1 aliphatic rings. The number of hydrogen-bond acceptors (Lipinski definition) is 4. The first kappa shape index (κ1) is 33.9. The standard InChI is InChI=1S/C54H36N4S/c1-54(2)44-22-12-9-19-37(44)41-29-35(26-28-45(41)54)36-25-27-39-38-20-10-13-23-46(38)58(47(39)30-36)48-32-50-42(40-21-11-14-24-49(40)59-50)31-43(48)53-56-51(33-15-5-3-6-16-33)55-52(57-53)34-17-7-4-8-18-34/h3-32H,1-2H3. The molecule has 278 valence electrons. The fraction of sp³-hybridized carbons (Fsp3) is 0.0556. The Hall–Kier alpha value is -7.21. The van der Waals surface area contributed by atoms with Gasteiger partial charge in [0.1, 0.15) is 0 Å². The highest BCUT2D eigenvalue weighted by atomic mass is 32.1. The van der Waals surface area contributed by atoms with Crippen molar-refractivity contribution in [2.75, 3.05) is 0 Å². The maximum Gasteiger partial charge on any atom is 0.166 e. The van der Waals surface area contributed by atoms with Gasteiger partial charge in [0, 0.05) is 53.1 Å². The number of nitrogens with zero attached hydrogens (tertiary/aromatic N) is 4. The summed E-state index contributed by atoms with van der Waals surface area (Å²) in [5.41, 5.74) is 13.9. The first-order valence-electron chi connectivity index (χ1n) is 20.1. The molecule has 12 rings (SSSR count). The first-order valence-corrected chi connectivity index (χ1v) is 20.9. The number of rotatable bonds is 5. The summed E-state index contributed by atoms with van der Waals surface area (Å²) in [5, 5.41) is 4.82. The SMILES string of the molecule is CC1(C)c2ccccc2-c2cc(-c3ccc4c5ccccc5n(-c5cc6sc7ccccc7c6cc5-c5nc(-c6ccccc6)nc(-c6ccccc6)n5)c4c3)ccc21. The molecule has 8 aromatic carbocycles. The lowest BCUT2D eigenvalue weighted by molar-refractivity contribution is 0.660. The van der Waals surface area contributed by atoms with E-state index in [0.717, 1.165) is 33.4 Å². The third-order valence-electron chi connectivity index (χ3n) is 12.3. The van der Waals surface area contributed by atoms with Crippen LogP contribution in [-0.4, -0.2) is 19.5 Å². The maximum absolute atomic E-state index is 5.30. The average Bonchev–Trinajstić information content (AvgIpc) is 3.90. The molecule has 5 heteroatoms. The summed E-state index contributed by atoms with van der Waals surface area (Å²) in [5.74, 6) is 1.91. The third kappa shape index (κ3) is 5.25. The lowest BCUT2D eigenvalue weighted by Crippen LogP contribution is -2.14. The Morgan fingerprint density at radius 2 is 0.983 bits per heavy atom. The van der Waals surface area contributed by atoms with Crippen molar-refractivity contribution in [2.24, 2.45) is 0 Å². The van der Waals surface area contributed by atoms with E-state index in [0.29, 0.717) is 17.5 Å². The van der Waals surface area contributed by atoms with Crippen molar-refractivity contribution < 1.29 is 0 Å². The highest BCUT2D eigenvalue weighted by Crippen LogP contribution is 2.50. The second-order valence-corrected chi connectivity index (χ2v) is 17.1. The Bertz CT molecular complexity index is 3410. The number of fused-ring (bicyclic) bond motifs is 9. The molecule has 1 aliphatic carbocycles. The van der Waals surface area contributed by atoms with Crippen molar-refractivity contribution in [3.05, 3.63) is 193 Å². The second kappa shape index (κ2) is 12.9. The summed E-state index contributed by atoms with van der Waals surface area (Å²) < 4.78 is 4.91. The van der Waals surface area contributed by atoms with E-state index >= 15 is 0 Å². The zero-order valence-corrected chi connectivity index (χ0v) is 33.3. The average molecular weight is 773 g/mol. The van der Waals surface area contributed by atoms with Gasteiger partial charge in [0.2, 0.25) is 0 Å². The van der Waals surface area contributed by atoms with E-state index in [4.69, 9.17) is 15.0 Å². The normalized spacial score (nSPS) is 13.1. The highest BCUT2D eigenvalue weighted by molar-refractivity contribution is 7.25. The molecule has 0 amide bonds. The molecule has 0 radical (unpaired) electrons. The van der Waals surface area contributed by atoms with E-state index < -0.39 is 0 Å². The molecule has 0 bridgehead atoms. The van der Waals surface area contributed by atoms with Crippen LogP contribution >= 0.6 is 11.3 Å². The van der Waals surface area contributed by atoms with E-state index in [1.54, 1.807) is 0 Å². The topological polar surface area (TPSA) is 43.6 Å². The molecule has 0 saturated heterocycles. The fourth-order valence-electron chi connectivity index (χ4n) is 9.36. The van der Waals surface area contributed by atoms with Gasteiger partial charge in [0.25, 0.3) is 0 Å². The monoisotopic (exact) mass is 772 g/mol. The van der Waals surface area contributed by atoms with Crippen molar-refractivity contribution >= 4 is 53.3 Å². The van der Waals surface area contributed by atoms with Gasteiger partial charge in [-0.25, -0.2) is 15.0 Å². The minimum absolute atomic E-state index is 0.0434. The van der Waals surface area contributed by atoms with Crippen LogP contribution in [0.3, 0.4) is 0 Å². The Labute approximate surface area is 345 Å². The van der Waals surface area contributed by atoms with Gasteiger partial charge in [-0.2, -0.15) is 0 Å². The molecule has 0 saturated carbocycles. The summed E-state index contributed by atoms with van der Waals surface area (Å²) >= 11 is 1.83. The second-order valence-electron chi connectivity index (χ2n) is 16.0. The minimum atomic E-state index is -0.0434. The number of benzene rings is 8. The van der Waals surface area contributed by atoms with Crippen LogP contribution in [0.1, 0.15) is 25.0 Å². The Balaban J connectivity index is 1.14. The quantitative estimate of drug-likeness (QED) is 0.175. The number of hydrogen-bond donors (Lipinski definition) is 0. The largest absolute Gasteiger partial charge is 0.308 e. The number of thiophene rings is 1. The predicted molar refractivity (Wildman–Crippen MR) is 246 cm³/mol. The zero-order valence-electron chi connectivity index (χ0n) is 32.5. The summed E-state index contributed by atoms with van der Waals surface area (Å²) in [4.78, 5) is 15.7. The zero-order chi connectivity index (χ0) is 39.2. The predicted octanol–water partition coefficient (Wildman–Crippen LogP) is 14.3. The van der Waals surface area contributed by atoms with Gasteiger partial charge < -0.3 is 4.57 Å². The molecule has 0 atom stereocenters. The fourth-order valence-corrected chi connectivity index (χ4v) is 10.5. The van der Waals surface area contributed by atoms with Crippen molar-refractivity contribution in [2.45, 2.75) is 19.3 Å². The lowest BCUT2D eigenvalue weighted by Gasteiger charge is -2.21. The lowest BCUT2D eigenvalue weighted by atomic mass is 9.82. The van der Waals surface area contributed by atoms with E-state index in [9.17, 15) is 0 Å². The molecule has 3 aromatic heterocycles. The van der Waals surface area contributed by atoms with Crippen LogP contribution in [-0.2, 0) is 5.41 Å². The molecule has 0 unspecified atom stereocenters. The van der Waals surface area contributed by atoms with Gasteiger partial charge in [-0.15, -0.1) is 11.3 Å². The van der Waals surface area contributed by atoms with E-state index in [1.807, 2.05) is 47.7 Å². The molecule has 59 heavy (non-hydrogen) atoms. The van der Waals surface area contributed by atoms with Gasteiger partial charge in [0.15, 0.2) is 17.5 Å². The third-order valence-corrected chi connectivity index (χ3v) is 13.4. The smallest absolute Gasteiger partial charge is 0.166 e. The molecule has 4 nitrogen and oxygen atoms in total. The van der Waals surface area contributed by atoms with Gasteiger partial charge in [-0.1, -0.05) is 159 Å². The Morgan fingerprint density at radius 3 is 1.76 bits per heavy atom. The summed E-state index contributed by atoms with van der Waals surface area (Å²) in [6, 6.07) is 65.4. The molecule has 0 aliphatic heterocycles. The van der Waals surface area contributed by atoms with Crippen molar-refractivity contribution in [1.82, 2.24) is 19.5 Å². The molecular weight excluding hydrogens is 737 g/mol. The van der Waals surface area contributed by atoms with Crippen LogP contribution in [0.2, 0.25) is 0 Å². The maximum atomic E-state index is 5.30. The van der Waals surface area contributed by atoms with Crippen molar-refractivity contribution in [3.8, 4) is 62.1 Å². The van der Waals surface area contributed by atoms with E-state index in [-0.39, 0.29) is 5.41 Å². The Kier molecular flexibility index (Phi) is 7.41. The molecule has 0 spiro atoms. The van der Waals surface area contributed by atoms with Crippen molar-refractivity contribution in [3.63, 3.8) is 0 Å². The first-order chi connectivity index (χ1) is 29.0. The van der Waals surface area contributed by atoms with Gasteiger partial charge >= 0.3 is 0 Å². The van der Waals surface area contributed by atoms with Gasteiger partial charge in [-0.05, 0) is 69.8 Å². The van der Waals surface area contributed by atoms with Crippen LogP contribution in [0.25, 0.3) is 104 Å². The van der Waals surface area contributed by atoms with Crippen LogP contribution < -0.4 is 0 Å². The van der Waals surface area contributed by atoms with Crippen LogP contribution in [0, 0.1) is 0 Å². The van der Waals surface area contributed by atoms with Crippen LogP contribution in [0.4, 0.5) is 0 Å². The molecule has 11 aromatic rings. The Morgan fingerprint density at radius 1 is 0.390 bits per heavy atom. The number of para-hydroxylation sites is 1. The van der Waals surface area contributed by atoms with Crippen LogP contribution in [0.5, 0.6) is 0 Å². The van der Waals surface area contributed by atoms with E-state index in [1.165, 1.54) is 64.3 Å². The molecular formula is C54H36N4S. The molecule has 0 fully saturated rings. The van der Waals surface area contributed by atoms with E-state index in [2.05, 4.69) is 164 Å². The number of aromatic nitrogens is 4.